The smallest absolute Gasteiger partial charge is 0.270 e. The van der Waals surface area contributed by atoms with Crippen molar-refractivity contribution in [3.8, 4) is 0 Å². The lowest BCUT2D eigenvalue weighted by atomic mass is 10.0. The molecule has 0 aliphatic carbocycles. The Bertz CT molecular complexity index is 611. The highest BCUT2D eigenvalue weighted by Gasteiger charge is 2.14. The largest absolute Gasteiger partial charge is 0.398 e. The van der Waals surface area contributed by atoms with E-state index < -0.39 is 0 Å². The van der Waals surface area contributed by atoms with Crippen molar-refractivity contribution < 1.29 is 9.90 Å². The molecule has 0 aliphatic rings. The zero-order valence-electron chi connectivity index (χ0n) is 10.8. The second-order valence-electron chi connectivity index (χ2n) is 4.39. The molecule has 1 heterocycles. The number of amides is 1. The summed E-state index contributed by atoms with van der Waals surface area (Å²) in [6.45, 7) is 2.40. The molecule has 4 N–H and O–H groups in total. The summed E-state index contributed by atoms with van der Waals surface area (Å²) in [6, 6.07) is 5.51. The fourth-order valence-corrected chi connectivity index (χ4v) is 2.03. The predicted molar refractivity (Wildman–Crippen MR) is 74.9 cm³/mol. The number of rotatable bonds is 4. The van der Waals surface area contributed by atoms with E-state index >= 15 is 0 Å². The quantitative estimate of drug-likeness (QED) is 0.569. The number of hydrogen-bond acceptors (Lipinski definition) is 4. The summed E-state index contributed by atoms with van der Waals surface area (Å²) in [4.78, 5) is 16.3. The van der Waals surface area contributed by atoms with Crippen LogP contribution in [0, 0.1) is 6.92 Å². The maximum Gasteiger partial charge on any atom is 0.270 e. The molecular weight excluding hydrogens is 242 g/mol. The van der Waals surface area contributed by atoms with E-state index in [4.69, 9.17) is 10.8 Å². The van der Waals surface area contributed by atoms with Gasteiger partial charge in [-0.15, -0.1) is 0 Å². The maximum absolute atomic E-state index is 12.1. The van der Waals surface area contributed by atoms with Crippen LogP contribution >= 0.6 is 0 Å². The van der Waals surface area contributed by atoms with Crippen LogP contribution in [0.1, 0.15) is 22.5 Å². The number of carbonyl (C=O) groups excluding carboxylic acids is 1. The Morgan fingerprint density at radius 1 is 1.42 bits per heavy atom. The van der Waals surface area contributed by atoms with Gasteiger partial charge in [0, 0.05) is 35.8 Å². The number of nitrogen functional groups attached to an aromatic ring is 1. The van der Waals surface area contributed by atoms with Crippen LogP contribution in [-0.4, -0.2) is 29.1 Å². The zero-order valence-corrected chi connectivity index (χ0v) is 10.8. The number of aliphatic hydroxyl groups excluding tert-OH is 1. The zero-order chi connectivity index (χ0) is 13.8. The van der Waals surface area contributed by atoms with Gasteiger partial charge in [-0.1, -0.05) is 6.07 Å². The molecule has 5 nitrogen and oxygen atoms in total. The molecule has 1 aromatic carbocycles. The van der Waals surface area contributed by atoms with Crippen molar-refractivity contribution in [2.24, 2.45) is 0 Å². The first-order chi connectivity index (χ1) is 9.15. The lowest BCUT2D eigenvalue weighted by Crippen LogP contribution is -2.26. The van der Waals surface area contributed by atoms with Gasteiger partial charge in [0.05, 0.1) is 0 Å². The van der Waals surface area contributed by atoms with Gasteiger partial charge < -0.3 is 16.2 Å². The van der Waals surface area contributed by atoms with Crippen LogP contribution < -0.4 is 11.1 Å². The summed E-state index contributed by atoms with van der Waals surface area (Å²) in [5, 5.41) is 13.1. The topological polar surface area (TPSA) is 88.2 Å². The minimum Gasteiger partial charge on any atom is -0.398 e. The Morgan fingerprint density at radius 2 is 2.21 bits per heavy atom. The van der Waals surface area contributed by atoms with Crippen LogP contribution in [0.25, 0.3) is 10.8 Å². The normalized spacial score (nSPS) is 10.6. The first kappa shape index (κ1) is 13.3. The number of nitrogens with zero attached hydrogens (tertiary/aromatic N) is 1. The van der Waals surface area contributed by atoms with Gasteiger partial charge in [-0.05, 0) is 31.0 Å². The molecule has 0 spiro atoms. The number of aryl methyl sites for hydroxylation is 1. The molecule has 1 amide bonds. The third-order valence-corrected chi connectivity index (χ3v) is 3.00. The summed E-state index contributed by atoms with van der Waals surface area (Å²) < 4.78 is 0. The van der Waals surface area contributed by atoms with Crippen molar-refractivity contribution in [3.63, 3.8) is 0 Å². The van der Waals surface area contributed by atoms with E-state index in [1.165, 1.54) is 0 Å². The second-order valence-corrected chi connectivity index (χ2v) is 4.39. The molecule has 5 heteroatoms. The van der Waals surface area contributed by atoms with Crippen molar-refractivity contribution in [1.82, 2.24) is 10.3 Å². The van der Waals surface area contributed by atoms with Crippen LogP contribution in [0.4, 0.5) is 5.69 Å². The van der Waals surface area contributed by atoms with Crippen LogP contribution in [0.5, 0.6) is 0 Å². The highest BCUT2D eigenvalue weighted by molar-refractivity contribution is 6.09. The molecule has 0 aliphatic heterocycles. The highest BCUT2D eigenvalue weighted by Crippen LogP contribution is 2.26. The summed E-state index contributed by atoms with van der Waals surface area (Å²) in [6.07, 6.45) is 2.11. The van der Waals surface area contributed by atoms with E-state index in [-0.39, 0.29) is 12.5 Å². The average molecular weight is 259 g/mol. The number of nitrogens with two attached hydrogens (primary N) is 1. The molecule has 2 aromatic rings. The van der Waals surface area contributed by atoms with Crippen LogP contribution in [-0.2, 0) is 0 Å². The monoisotopic (exact) mass is 259 g/mol. The summed E-state index contributed by atoms with van der Waals surface area (Å²) in [5.74, 6) is -0.243. The standard InChI is InChI=1S/C14H17N3O2/c1-9-3-4-11(15)10-5-7-16-13(12(9)10)14(19)17-6-2-8-18/h3-5,7,18H,2,6,8,15H2,1H3,(H,17,19). The number of aliphatic hydroxyl groups is 1. The minimum atomic E-state index is -0.243. The van der Waals surface area contributed by atoms with Crippen LogP contribution in [0.2, 0.25) is 0 Å². The summed E-state index contributed by atoms with van der Waals surface area (Å²) in [5.41, 5.74) is 7.89. The number of hydrogen-bond donors (Lipinski definition) is 3. The van der Waals surface area contributed by atoms with Gasteiger partial charge in [-0.2, -0.15) is 0 Å². The molecule has 0 atom stereocenters. The Hall–Kier alpha value is -2.14. The Morgan fingerprint density at radius 3 is 2.95 bits per heavy atom. The van der Waals surface area contributed by atoms with Crippen molar-refractivity contribution >= 4 is 22.4 Å². The molecule has 2 rings (SSSR count). The number of pyridine rings is 1. The third kappa shape index (κ3) is 2.66. The Labute approximate surface area is 111 Å². The van der Waals surface area contributed by atoms with Gasteiger partial charge in [0.1, 0.15) is 5.69 Å². The van der Waals surface area contributed by atoms with Crippen molar-refractivity contribution in [1.29, 1.82) is 0 Å². The van der Waals surface area contributed by atoms with E-state index in [1.54, 1.807) is 6.20 Å². The van der Waals surface area contributed by atoms with E-state index in [1.807, 2.05) is 25.1 Å². The number of fused-ring (bicyclic) bond motifs is 1. The lowest BCUT2D eigenvalue weighted by molar-refractivity contribution is 0.0948. The van der Waals surface area contributed by atoms with Gasteiger partial charge in [-0.25, -0.2) is 0 Å². The SMILES string of the molecule is Cc1ccc(N)c2ccnc(C(=O)NCCCO)c12. The van der Waals surface area contributed by atoms with Crippen LogP contribution in [0.15, 0.2) is 24.4 Å². The van der Waals surface area contributed by atoms with Gasteiger partial charge in [0.2, 0.25) is 0 Å². The van der Waals surface area contributed by atoms with Gasteiger partial charge in [0.15, 0.2) is 0 Å². The first-order valence-corrected chi connectivity index (χ1v) is 6.18. The third-order valence-electron chi connectivity index (χ3n) is 3.00. The molecule has 100 valence electrons. The Balaban J connectivity index is 2.43. The summed E-state index contributed by atoms with van der Waals surface area (Å²) in [7, 11) is 0. The Kier molecular flexibility index (Phi) is 3.97. The van der Waals surface area contributed by atoms with Crippen molar-refractivity contribution in [3.05, 3.63) is 35.7 Å². The highest BCUT2D eigenvalue weighted by atomic mass is 16.3. The van der Waals surface area contributed by atoms with Gasteiger partial charge >= 0.3 is 0 Å². The lowest BCUT2D eigenvalue weighted by Gasteiger charge is -2.10. The molecule has 1 aromatic heterocycles. The molecule has 0 saturated carbocycles. The average Bonchev–Trinajstić information content (AvgIpc) is 2.42. The molecule has 0 saturated heterocycles. The number of carbonyl (C=O) groups is 1. The summed E-state index contributed by atoms with van der Waals surface area (Å²) >= 11 is 0. The molecule has 0 unspecified atom stereocenters. The van der Waals surface area contributed by atoms with E-state index in [0.29, 0.717) is 24.3 Å². The van der Waals surface area contributed by atoms with E-state index in [9.17, 15) is 4.79 Å². The molecule has 0 bridgehead atoms. The number of aromatic nitrogens is 1. The van der Waals surface area contributed by atoms with Gasteiger partial charge in [-0.3, -0.25) is 9.78 Å². The first-order valence-electron chi connectivity index (χ1n) is 6.18. The molecule has 19 heavy (non-hydrogen) atoms. The molecular formula is C14H17N3O2. The van der Waals surface area contributed by atoms with E-state index in [0.717, 1.165) is 16.3 Å². The van der Waals surface area contributed by atoms with Crippen molar-refractivity contribution in [2.45, 2.75) is 13.3 Å². The fraction of sp³-hybridized carbons (Fsp3) is 0.286. The van der Waals surface area contributed by atoms with E-state index in [2.05, 4.69) is 10.3 Å². The molecule has 0 fully saturated rings. The van der Waals surface area contributed by atoms with Gasteiger partial charge in [0.25, 0.3) is 5.91 Å². The second kappa shape index (κ2) is 5.67. The maximum atomic E-state index is 12.1. The number of anilines is 1. The number of nitrogens with one attached hydrogen (secondary N) is 1. The molecule has 0 radical (unpaired) electrons. The fourth-order valence-electron chi connectivity index (χ4n) is 2.03. The minimum absolute atomic E-state index is 0.0508. The predicted octanol–water partition coefficient (Wildman–Crippen LogP) is 1.24. The van der Waals surface area contributed by atoms with Crippen LogP contribution in [0.3, 0.4) is 0 Å². The number of benzene rings is 1. The van der Waals surface area contributed by atoms with Crippen molar-refractivity contribution in [2.75, 3.05) is 18.9 Å².